The molecule has 1 N–H and O–H groups in total. The summed E-state index contributed by atoms with van der Waals surface area (Å²) in [6, 6.07) is 3.90. The van der Waals surface area contributed by atoms with Crippen molar-refractivity contribution in [3.8, 4) is 17.2 Å². The second kappa shape index (κ2) is 6.48. The minimum Gasteiger partial charge on any atom is -0.493 e. The minimum atomic E-state index is 0.283. The second-order valence-electron chi connectivity index (χ2n) is 4.65. The predicted molar refractivity (Wildman–Crippen MR) is 74.9 cm³/mol. The van der Waals surface area contributed by atoms with Crippen LogP contribution in [-0.2, 0) is 6.54 Å². The molecule has 0 bridgehead atoms. The maximum atomic E-state index is 5.83. The lowest BCUT2D eigenvalue weighted by Gasteiger charge is -2.13. The molecule has 0 spiro atoms. The van der Waals surface area contributed by atoms with Gasteiger partial charge in [-0.3, -0.25) is 0 Å². The predicted octanol–water partition coefficient (Wildman–Crippen LogP) is 2.87. The van der Waals surface area contributed by atoms with Crippen LogP contribution in [0.1, 0.15) is 25.8 Å². The van der Waals surface area contributed by atoms with Crippen LogP contribution in [0.25, 0.3) is 0 Å². The first-order chi connectivity index (χ1) is 9.20. The third-order valence-corrected chi connectivity index (χ3v) is 2.91. The fourth-order valence-corrected chi connectivity index (χ4v) is 1.83. The van der Waals surface area contributed by atoms with Crippen LogP contribution < -0.4 is 19.5 Å². The van der Waals surface area contributed by atoms with Crippen molar-refractivity contribution >= 4 is 0 Å². The zero-order valence-corrected chi connectivity index (χ0v) is 11.6. The number of rotatable bonds is 7. The van der Waals surface area contributed by atoms with E-state index < -0.39 is 0 Å². The highest BCUT2D eigenvalue weighted by Gasteiger charge is 2.17. The summed E-state index contributed by atoms with van der Waals surface area (Å²) in [4.78, 5) is 0. The molecule has 4 nitrogen and oxygen atoms in total. The van der Waals surface area contributed by atoms with Gasteiger partial charge >= 0.3 is 0 Å². The summed E-state index contributed by atoms with van der Waals surface area (Å²) < 4.78 is 16.6. The zero-order chi connectivity index (χ0) is 13.7. The van der Waals surface area contributed by atoms with Gasteiger partial charge in [-0.1, -0.05) is 12.5 Å². The van der Waals surface area contributed by atoms with Gasteiger partial charge in [0.2, 0.25) is 6.79 Å². The molecular weight excluding hydrogens is 242 g/mol. The average Bonchev–Trinajstić information content (AvgIpc) is 2.82. The van der Waals surface area contributed by atoms with Gasteiger partial charge in [0.1, 0.15) is 5.75 Å². The zero-order valence-electron chi connectivity index (χ0n) is 11.6. The lowest BCUT2D eigenvalue weighted by atomic mass is 10.1. The Morgan fingerprint density at radius 1 is 1.37 bits per heavy atom. The van der Waals surface area contributed by atoms with Crippen molar-refractivity contribution in [2.75, 3.05) is 19.9 Å². The molecule has 0 aromatic heterocycles. The maximum absolute atomic E-state index is 5.83. The van der Waals surface area contributed by atoms with E-state index in [1.54, 1.807) is 0 Å². The number of hydrogen-bond donors (Lipinski definition) is 1. The van der Waals surface area contributed by atoms with Gasteiger partial charge in [0.05, 0.1) is 6.61 Å². The summed E-state index contributed by atoms with van der Waals surface area (Å²) in [7, 11) is 0. The van der Waals surface area contributed by atoms with Gasteiger partial charge in [-0.05, 0) is 19.5 Å². The highest BCUT2D eigenvalue weighted by Crippen LogP contribution is 2.38. The van der Waals surface area contributed by atoms with Crippen LogP contribution in [0.2, 0.25) is 0 Å². The van der Waals surface area contributed by atoms with Crippen LogP contribution in [0, 0.1) is 0 Å². The molecule has 1 aromatic carbocycles. The lowest BCUT2D eigenvalue weighted by Crippen LogP contribution is -2.13. The molecule has 0 aliphatic carbocycles. The fraction of sp³-hybridized carbons (Fsp3) is 0.467. The molecule has 1 aliphatic rings. The number of benzene rings is 1. The van der Waals surface area contributed by atoms with E-state index in [1.807, 2.05) is 19.1 Å². The summed E-state index contributed by atoms with van der Waals surface area (Å²) >= 11 is 0. The van der Waals surface area contributed by atoms with Crippen LogP contribution in [-0.4, -0.2) is 19.9 Å². The van der Waals surface area contributed by atoms with Crippen LogP contribution in [0.15, 0.2) is 24.3 Å². The van der Waals surface area contributed by atoms with Crippen molar-refractivity contribution in [2.45, 2.75) is 26.8 Å². The molecule has 1 heterocycles. The first-order valence-electron chi connectivity index (χ1n) is 6.61. The first-order valence-corrected chi connectivity index (χ1v) is 6.61. The molecule has 0 atom stereocenters. The quantitative estimate of drug-likeness (QED) is 0.768. The van der Waals surface area contributed by atoms with Crippen molar-refractivity contribution in [1.29, 1.82) is 0 Å². The Morgan fingerprint density at radius 3 is 2.79 bits per heavy atom. The molecule has 4 heteroatoms. The molecule has 0 radical (unpaired) electrons. The molecule has 0 saturated carbocycles. The Labute approximate surface area is 114 Å². The van der Waals surface area contributed by atoms with Gasteiger partial charge in [0, 0.05) is 24.6 Å². The Hall–Kier alpha value is -1.68. The molecule has 2 rings (SSSR count). The second-order valence-corrected chi connectivity index (χ2v) is 4.65. The summed E-state index contributed by atoms with van der Waals surface area (Å²) in [6.07, 6.45) is 0.856. The fourth-order valence-electron chi connectivity index (χ4n) is 1.83. The van der Waals surface area contributed by atoms with E-state index in [0.29, 0.717) is 6.61 Å². The van der Waals surface area contributed by atoms with Gasteiger partial charge in [-0.25, -0.2) is 0 Å². The Balaban J connectivity index is 2.11. The largest absolute Gasteiger partial charge is 0.493 e. The van der Waals surface area contributed by atoms with Gasteiger partial charge in [0.15, 0.2) is 11.5 Å². The molecule has 104 valence electrons. The third-order valence-electron chi connectivity index (χ3n) is 2.91. The Morgan fingerprint density at radius 2 is 2.11 bits per heavy atom. The molecule has 1 aromatic rings. The SMILES string of the molecule is C=C(C)CCOc1cc2c(cc1CNCC)OCO2. The van der Waals surface area contributed by atoms with E-state index in [4.69, 9.17) is 14.2 Å². The van der Waals surface area contributed by atoms with E-state index in [2.05, 4.69) is 18.8 Å². The number of ether oxygens (including phenoxy) is 3. The van der Waals surface area contributed by atoms with E-state index in [1.165, 1.54) is 0 Å². The smallest absolute Gasteiger partial charge is 0.231 e. The normalized spacial score (nSPS) is 12.5. The van der Waals surface area contributed by atoms with Crippen LogP contribution in [0.5, 0.6) is 17.2 Å². The van der Waals surface area contributed by atoms with Crippen molar-refractivity contribution in [3.05, 3.63) is 29.8 Å². The molecule has 0 fully saturated rings. The molecule has 19 heavy (non-hydrogen) atoms. The minimum absolute atomic E-state index is 0.283. The Bertz CT molecular complexity index is 457. The highest BCUT2D eigenvalue weighted by molar-refractivity contribution is 5.51. The van der Waals surface area contributed by atoms with Gasteiger partial charge in [-0.15, -0.1) is 6.58 Å². The van der Waals surface area contributed by atoms with Crippen LogP contribution in [0.4, 0.5) is 0 Å². The Kier molecular flexibility index (Phi) is 4.68. The van der Waals surface area contributed by atoms with Gasteiger partial charge < -0.3 is 19.5 Å². The molecular formula is C15H21NO3. The number of nitrogens with one attached hydrogen (secondary N) is 1. The van der Waals surface area contributed by atoms with Crippen molar-refractivity contribution in [2.24, 2.45) is 0 Å². The van der Waals surface area contributed by atoms with Crippen molar-refractivity contribution in [3.63, 3.8) is 0 Å². The van der Waals surface area contributed by atoms with E-state index >= 15 is 0 Å². The average molecular weight is 263 g/mol. The van der Waals surface area contributed by atoms with E-state index in [9.17, 15) is 0 Å². The summed E-state index contributed by atoms with van der Waals surface area (Å²) in [5.74, 6) is 2.40. The monoisotopic (exact) mass is 263 g/mol. The number of fused-ring (bicyclic) bond motifs is 1. The molecule has 1 aliphatic heterocycles. The highest BCUT2D eigenvalue weighted by atomic mass is 16.7. The summed E-state index contributed by atoms with van der Waals surface area (Å²) in [6.45, 7) is 10.6. The number of hydrogen-bond acceptors (Lipinski definition) is 4. The summed E-state index contributed by atoms with van der Waals surface area (Å²) in [5.41, 5.74) is 2.21. The van der Waals surface area contributed by atoms with Crippen molar-refractivity contribution < 1.29 is 14.2 Å². The first kappa shape index (κ1) is 13.7. The molecule has 0 amide bonds. The van der Waals surface area contributed by atoms with Gasteiger partial charge in [0.25, 0.3) is 0 Å². The molecule has 0 saturated heterocycles. The van der Waals surface area contributed by atoms with E-state index in [0.717, 1.165) is 47.9 Å². The summed E-state index contributed by atoms with van der Waals surface area (Å²) in [5, 5.41) is 3.30. The lowest BCUT2D eigenvalue weighted by molar-refractivity contribution is 0.173. The van der Waals surface area contributed by atoms with Crippen LogP contribution in [0.3, 0.4) is 0 Å². The maximum Gasteiger partial charge on any atom is 0.231 e. The van der Waals surface area contributed by atoms with E-state index in [-0.39, 0.29) is 6.79 Å². The third kappa shape index (κ3) is 3.64. The van der Waals surface area contributed by atoms with Crippen molar-refractivity contribution in [1.82, 2.24) is 5.32 Å². The topological polar surface area (TPSA) is 39.7 Å². The van der Waals surface area contributed by atoms with Gasteiger partial charge in [-0.2, -0.15) is 0 Å². The molecule has 0 unspecified atom stereocenters. The van der Waals surface area contributed by atoms with Crippen LogP contribution >= 0.6 is 0 Å². The standard InChI is InChI=1S/C15H21NO3/c1-4-16-9-12-7-14-15(19-10-18-14)8-13(12)17-6-5-11(2)3/h7-8,16H,2,4-6,9-10H2,1,3H3.